The fraction of sp³-hybridized carbons (Fsp3) is 0.450. The number of amides is 1. The van der Waals surface area contributed by atoms with E-state index in [1.54, 1.807) is 30.3 Å². The Balaban J connectivity index is 2.43. The monoisotopic (exact) mass is 392 g/mol. The van der Waals surface area contributed by atoms with Gasteiger partial charge in [-0.1, -0.05) is 52.0 Å². The maximum absolute atomic E-state index is 13.0. The van der Waals surface area contributed by atoms with Gasteiger partial charge in [0.15, 0.2) is 0 Å². The first kappa shape index (κ1) is 21.3. The summed E-state index contributed by atoms with van der Waals surface area (Å²) in [6.45, 7) is 9.76. The molecule has 0 saturated carbocycles. The topological polar surface area (TPSA) is 86.7 Å². The van der Waals surface area contributed by atoms with Crippen LogP contribution in [0.15, 0.2) is 41.3 Å². The summed E-state index contributed by atoms with van der Waals surface area (Å²) >= 11 is 0. The number of hydrogen-bond acceptors (Lipinski definition) is 4. The van der Waals surface area contributed by atoms with Crippen LogP contribution in [0.2, 0.25) is 0 Å². The first-order chi connectivity index (χ1) is 12.7. The Morgan fingerprint density at radius 2 is 1.67 bits per heavy atom. The molecule has 1 amide bonds. The molecule has 0 bridgehead atoms. The molecule has 0 aliphatic rings. The van der Waals surface area contributed by atoms with Crippen LogP contribution in [0, 0.1) is 5.92 Å². The van der Waals surface area contributed by atoms with Gasteiger partial charge in [-0.15, -0.1) is 0 Å². The van der Waals surface area contributed by atoms with E-state index in [1.807, 2.05) is 13.8 Å². The molecule has 0 fully saturated rings. The number of anilines is 1. The van der Waals surface area contributed by atoms with Crippen LogP contribution in [0.3, 0.4) is 0 Å². The van der Waals surface area contributed by atoms with E-state index in [-0.39, 0.29) is 16.8 Å². The molecule has 0 radical (unpaired) electrons. The molecule has 0 aliphatic carbocycles. The molecule has 0 spiro atoms. The minimum absolute atomic E-state index is 0.114. The molecular weight excluding hydrogens is 364 g/mol. The summed E-state index contributed by atoms with van der Waals surface area (Å²) in [7, 11) is -4.35. The smallest absolute Gasteiger partial charge is 0.295 e. The normalized spacial score (nSPS) is 13.3. The van der Waals surface area contributed by atoms with Gasteiger partial charge in [0.05, 0.1) is 6.04 Å². The minimum atomic E-state index is -4.35. The van der Waals surface area contributed by atoms with E-state index < -0.39 is 10.1 Å². The minimum Gasteiger partial charge on any atom is -0.324 e. The SMILES string of the molecule is CCN(CC)C(CC(C)C)C(=O)Nc1cccc2c(S(=O)(=O)O)cccc12. The van der Waals surface area contributed by atoms with Crippen LogP contribution in [0.1, 0.15) is 34.1 Å². The van der Waals surface area contributed by atoms with Gasteiger partial charge >= 0.3 is 0 Å². The Morgan fingerprint density at radius 3 is 2.22 bits per heavy atom. The quantitative estimate of drug-likeness (QED) is 0.668. The summed E-state index contributed by atoms with van der Waals surface area (Å²) in [6, 6.07) is 9.39. The van der Waals surface area contributed by atoms with Crippen LogP contribution in [-0.4, -0.2) is 42.9 Å². The van der Waals surface area contributed by atoms with Crippen molar-refractivity contribution in [3.63, 3.8) is 0 Å². The third-order valence-corrected chi connectivity index (χ3v) is 5.58. The highest BCUT2D eigenvalue weighted by atomic mass is 32.2. The lowest BCUT2D eigenvalue weighted by molar-refractivity contribution is -0.121. The number of carbonyl (C=O) groups is 1. The average Bonchev–Trinajstić information content (AvgIpc) is 2.60. The third kappa shape index (κ3) is 5.06. The molecule has 2 rings (SSSR count). The molecule has 7 heteroatoms. The Bertz CT molecular complexity index is 905. The molecule has 0 heterocycles. The van der Waals surface area contributed by atoms with Crippen LogP contribution in [0.5, 0.6) is 0 Å². The van der Waals surface area contributed by atoms with Crippen LogP contribution in [0.25, 0.3) is 10.8 Å². The summed E-state index contributed by atoms with van der Waals surface area (Å²) in [5, 5.41) is 3.91. The van der Waals surface area contributed by atoms with Gasteiger partial charge in [-0.25, -0.2) is 0 Å². The zero-order valence-corrected chi connectivity index (χ0v) is 17.1. The van der Waals surface area contributed by atoms with Gasteiger partial charge in [-0.2, -0.15) is 8.42 Å². The van der Waals surface area contributed by atoms with Crippen molar-refractivity contribution in [3.05, 3.63) is 36.4 Å². The van der Waals surface area contributed by atoms with Crippen molar-refractivity contribution in [2.45, 2.75) is 45.1 Å². The van der Waals surface area contributed by atoms with Crippen LogP contribution in [-0.2, 0) is 14.9 Å². The van der Waals surface area contributed by atoms with Crippen molar-refractivity contribution < 1.29 is 17.8 Å². The zero-order chi connectivity index (χ0) is 20.2. The lowest BCUT2D eigenvalue weighted by atomic mass is 10.0. The fourth-order valence-corrected chi connectivity index (χ4v) is 4.07. The number of nitrogens with one attached hydrogen (secondary N) is 1. The van der Waals surface area contributed by atoms with E-state index in [0.29, 0.717) is 22.4 Å². The Labute approximate surface area is 161 Å². The van der Waals surface area contributed by atoms with Crippen molar-refractivity contribution in [2.24, 2.45) is 5.92 Å². The van der Waals surface area contributed by atoms with Gasteiger partial charge < -0.3 is 5.32 Å². The number of hydrogen-bond donors (Lipinski definition) is 2. The van der Waals surface area contributed by atoms with E-state index in [9.17, 15) is 17.8 Å². The van der Waals surface area contributed by atoms with Crippen LogP contribution < -0.4 is 5.32 Å². The first-order valence-electron chi connectivity index (χ1n) is 9.23. The van der Waals surface area contributed by atoms with Crippen molar-refractivity contribution in [1.29, 1.82) is 0 Å². The molecule has 0 saturated heterocycles. The van der Waals surface area contributed by atoms with Crippen LogP contribution >= 0.6 is 0 Å². The van der Waals surface area contributed by atoms with E-state index in [2.05, 4.69) is 24.1 Å². The number of fused-ring (bicyclic) bond motifs is 1. The highest BCUT2D eigenvalue weighted by molar-refractivity contribution is 7.86. The maximum atomic E-state index is 13.0. The molecule has 2 aromatic rings. The van der Waals surface area contributed by atoms with E-state index in [0.717, 1.165) is 19.5 Å². The predicted octanol–water partition coefficient (Wildman–Crippen LogP) is 3.78. The van der Waals surface area contributed by atoms with Crippen molar-refractivity contribution in [1.82, 2.24) is 4.90 Å². The largest absolute Gasteiger partial charge is 0.324 e. The summed E-state index contributed by atoms with van der Waals surface area (Å²) in [6.07, 6.45) is 0.731. The van der Waals surface area contributed by atoms with Crippen molar-refractivity contribution >= 4 is 32.5 Å². The van der Waals surface area contributed by atoms with E-state index >= 15 is 0 Å². The second-order valence-corrected chi connectivity index (χ2v) is 8.38. The highest BCUT2D eigenvalue weighted by Crippen LogP contribution is 2.29. The number of benzene rings is 2. The summed E-state index contributed by atoms with van der Waals surface area (Å²) in [5.74, 6) is 0.247. The molecular formula is C20H28N2O4S. The zero-order valence-electron chi connectivity index (χ0n) is 16.3. The first-order valence-corrected chi connectivity index (χ1v) is 10.7. The number of carbonyl (C=O) groups excluding carboxylic acids is 1. The van der Waals surface area contributed by atoms with Gasteiger partial charge in [-0.05, 0) is 37.6 Å². The molecule has 1 atom stereocenters. The summed E-state index contributed by atoms with van der Waals surface area (Å²) < 4.78 is 32.7. The number of nitrogens with zero attached hydrogens (tertiary/aromatic N) is 1. The second kappa shape index (κ2) is 8.82. The predicted molar refractivity (Wildman–Crippen MR) is 109 cm³/mol. The van der Waals surface area contributed by atoms with Gasteiger partial charge in [0.25, 0.3) is 10.1 Å². The van der Waals surface area contributed by atoms with Gasteiger partial charge in [0, 0.05) is 16.5 Å². The second-order valence-electron chi connectivity index (χ2n) is 6.99. The Morgan fingerprint density at radius 1 is 1.07 bits per heavy atom. The average molecular weight is 393 g/mol. The Kier molecular flexibility index (Phi) is 6.97. The lowest BCUT2D eigenvalue weighted by Crippen LogP contribution is -2.44. The van der Waals surface area contributed by atoms with Gasteiger partial charge in [0.2, 0.25) is 5.91 Å². The van der Waals surface area contributed by atoms with Crippen molar-refractivity contribution in [2.75, 3.05) is 18.4 Å². The molecule has 6 nitrogen and oxygen atoms in total. The molecule has 1 unspecified atom stereocenters. The third-order valence-electron chi connectivity index (χ3n) is 4.67. The molecule has 0 aromatic heterocycles. The Hall–Kier alpha value is -1.96. The van der Waals surface area contributed by atoms with Gasteiger partial charge in [0.1, 0.15) is 4.90 Å². The van der Waals surface area contributed by atoms with E-state index in [4.69, 9.17) is 0 Å². The summed E-state index contributed by atoms with van der Waals surface area (Å²) in [4.78, 5) is 15.0. The molecule has 2 aromatic carbocycles. The summed E-state index contributed by atoms with van der Waals surface area (Å²) in [5.41, 5.74) is 0.531. The molecule has 27 heavy (non-hydrogen) atoms. The highest BCUT2D eigenvalue weighted by Gasteiger charge is 2.25. The maximum Gasteiger partial charge on any atom is 0.295 e. The van der Waals surface area contributed by atoms with E-state index in [1.165, 1.54) is 6.07 Å². The fourth-order valence-electron chi connectivity index (χ4n) is 3.36. The standard InChI is InChI=1S/C20H28N2O4S/c1-5-22(6-2)18(13-14(3)4)20(23)21-17-11-7-10-16-15(17)9-8-12-19(16)27(24,25)26/h7-12,14,18H,5-6,13H2,1-4H3,(H,21,23)(H,24,25,26). The molecule has 148 valence electrons. The lowest BCUT2D eigenvalue weighted by Gasteiger charge is -2.30. The van der Waals surface area contributed by atoms with Crippen LogP contribution in [0.4, 0.5) is 5.69 Å². The number of likely N-dealkylation sites (N-methyl/N-ethyl adjacent to an activating group) is 1. The molecule has 2 N–H and O–H groups in total. The van der Waals surface area contributed by atoms with Gasteiger partial charge in [-0.3, -0.25) is 14.2 Å². The molecule has 0 aliphatic heterocycles. The number of rotatable bonds is 8. The van der Waals surface area contributed by atoms with Crippen molar-refractivity contribution in [3.8, 4) is 0 Å².